The molecule has 0 spiro atoms. The molecule has 1 aromatic rings. The molecule has 0 saturated carbocycles. The molecule has 2 rings (SSSR count). The van der Waals surface area contributed by atoms with Gasteiger partial charge in [0, 0.05) is 31.1 Å². The van der Waals surface area contributed by atoms with Crippen molar-refractivity contribution in [1.29, 1.82) is 0 Å². The molecule has 0 aliphatic carbocycles. The lowest BCUT2D eigenvalue weighted by atomic mass is 9.92. The molecule has 132 valence electrons. The lowest BCUT2D eigenvalue weighted by molar-refractivity contribution is -0.133. The Bertz CT molecular complexity index is 554. The van der Waals surface area contributed by atoms with Gasteiger partial charge in [-0.25, -0.2) is 0 Å². The van der Waals surface area contributed by atoms with E-state index in [0.29, 0.717) is 30.9 Å². The number of hydrogen-bond acceptors (Lipinski definition) is 4. The minimum absolute atomic E-state index is 0.0405. The standard InChI is InChI=1S/C19H28N2O3/c1-14(20)17-5-3-11-21(13-17)19(23)6-4-12-24-18-9-7-16(8-10-18)15(2)22/h7-10,14,17H,3-6,11-13,20H2,1-2H3. The fraction of sp³-hybridized carbons (Fsp3) is 0.579. The van der Waals surface area contributed by atoms with Gasteiger partial charge in [0.2, 0.25) is 5.91 Å². The molecule has 5 nitrogen and oxygen atoms in total. The summed E-state index contributed by atoms with van der Waals surface area (Å²) < 4.78 is 5.64. The number of ether oxygens (including phenoxy) is 1. The zero-order valence-corrected chi connectivity index (χ0v) is 14.7. The van der Waals surface area contributed by atoms with E-state index in [1.807, 2.05) is 11.8 Å². The van der Waals surface area contributed by atoms with E-state index >= 15 is 0 Å². The van der Waals surface area contributed by atoms with Gasteiger partial charge in [-0.05, 0) is 63.3 Å². The fourth-order valence-electron chi connectivity index (χ4n) is 3.02. The van der Waals surface area contributed by atoms with Gasteiger partial charge in [-0.15, -0.1) is 0 Å². The molecular weight excluding hydrogens is 304 g/mol. The molecule has 2 N–H and O–H groups in total. The van der Waals surface area contributed by atoms with Crippen molar-refractivity contribution >= 4 is 11.7 Å². The van der Waals surface area contributed by atoms with Crippen LogP contribution in [0.1, 0.15) is 49.9 Å². The quantitative estimate of drug-likeness (QED) is 0.615. The third-order valence-electron chi connectivity index (χ3n) is 4.62. The summed E-state index contributed by atoms with van der Waals surface area (Å²) in [5, 5.41) is 0. The van der Waals surface area contributed by atoms with Crippen molar-refractivity contribution in [3.63, 3.8) is 0 Å². The monoisotopic (exact) mass is 332 g/mol. The molecule has 5 heteroatoms. The molecule has 0 bridgehead atoms. The van der Waals surface area contributed by atoms with Crippen LogP contribution in [-0.4, -0.2) is 42.3 Å². The summed E-state index contributed by atoms with van der Waals surface area (Å²) in [7, 11) is 0. The van der Waals surface area contributed by atoms with Crippen molar-refractivity contribution in [2.24, 2.45) is 11.7 Å². The van der Waals surface area contributed by atoms with E-state index in [2.05, 4.69) is 0 Å². The number of benzene rings is 1. The van der Waals surface area contributed by atoms with E-state index in [1.54, 1.807) is 24.3 Å². The molecule has 1 amide bonds. The molecule has 0 radical (unpaired) electrons. The van der Waals surface area contributed by atoms with Crippen LogP contribution in [0.15, 0.2) is 24.3 Å². The maximum atomic E-state index is 12.3. The van der Waals surface area contributed by atoms with E-state index in [0.717, 1.165) is 31.7 Å². The molecule has 24 heavy (non-hydrogen) atoms. The number of ketones is 1. The van der Waals surface area contributed by atoms with E-state index in [-0.39, 0.29) is 17.7 Å². The van der Waals surface area contributed by atoms with E-state index < -0.39 is 0 Å². The zero-order chi connectivity index (χ0) is 17.5. The van der Waals surface area contributed by atoms with Gasteiger partial charge in [-0.3, -0.25) is 9.59 Å². The predicted molar refractivity (Wildman–Crippen MR) is 94.1 cm³/mol. The molecule has 1 aliphatic rings. The summed E-state index contributed by atoms with van der Waals surface area (Å²) in [6.07, 6.45) is 3.33. The average Bonchev–Trinajstić information content (AvgIpc) is 2.59. The molecule has 1 saturated heterocycles. The second kappa shape index (κ2) is 8.83. The van der Waals surface area contributed by atoms with Crippen LogP contribution in [0.25, 0.3) is 0 Å². The van der Waals surface area contributed by atoms with Crippen molar-refractivity contribution < 1.29 is 14.3 Å². The van der Waals surface area contributed by atoms with Crippen LogP contribution in [0, 0.1) is 5.92 Å². The van der Waals surface area contributed by atoms with E-state index in [9.17, 15) is 9.59 Å². The Morgan fingerprint density at radius 2 is 2.04 bits per heavy atom. The number of nitrogens with two attached hydrogens (primary N) is 1. The van der Waals surface area contributed by atoms with E-state index in [4.69, 9.17) is 10.5 Å². The van der Waals surface area contributed by atoms with E-state index in [1.165, 1.54) is 6.92 Å². The smallest absolute Gasteiger partial charge is 0.222 e. The van der Waals surface area contributed by atoms with Gasteiger partial charge in [0.15, 0.2) is 5.78 Å². The SMILES string of the molecule is CC(=O)c1ccc(OCCCC(=O)N2CCCC(C(C)N)C2)cc1. The topological polar surface area (TPSA) is 72.6 Å². The third-order valence-corrected chi connectivity index (χ3v) is 4.62. The summed E-state index contributed by atoms with van der Waals surface area (Å²) >= 11 is 0. The summed E-state index contributed by atoms with van der Waals surface area (Å²) in [6, 6.07) is 7.23. The number of piperidine rings is 1. The normalized spacial score (nSPS) is 19.0. The summed E-state index contributed by atoms with van der Waals surface area (Å²) in [6.45, 7) is 5.68. The van der Waals surface area contributed by atoms with Gasteiger partial charge in [0.05, 0.1) is 6.61 Å². The van der Waals surface area contributed by atoms with Crippen molar-refractivity contribution in [3.05, 3.63) is 29.8 Å². The second-order valence-electron chi connectivity index (χ2n) is 6.63. The number of amides is 1. The fourth-order valence-corrected chi connectivity index (χ4v) is 3.02. The Kier molecular flexibility index (Phi) is 6.79. The van der Waals surface area contributed by atoms with Crippen LogP contribution < -0.4 is 10.5 Å². The average molecular weight is 332 g/mol. The number of Topliss-reactive ketones (excluding diaryl/α,β-unsaturated/α-hetero) is 1. The Labute approximate surface area is 144 Å². The van der Waals surface area contributed by atoms with Crippen LogP contribution in [-0.2, 0) is 4.79 Å². The number of likely N-dealkylation sites (tertiary alicyclic amines) is 1. The van der Waals surface area contributed by atoms with Gasteiger partial charge >= 0.3 is 0 Å². The molecule has 2 unspecified atom stereocenters. The highest BCUT2D eigenvalue weighted by Crippen LogP contribution is 2.20. The largest absolute Gasteiger partial charge is 0.494 e. The Morgan fingerprint density at radius 1 is 1.33 bits per heavy atom. The maximum absolute atomic E-state index is 12.3. The third kappa shape index (κ3) is 5.34. The van der Waals surface area contributed by atoms with Crippen LogP contribution in [0.3, 0.4) is 0 Å². The Morgan fingerprint density at radius 3 is 2.67 bits per heavy atom. The molecule has 0 aromatic heterocycles. The molecule has 1 aromatic carbocycles. The second-order valence-corrected chi connectivity index (χ2v) is 6.63. The van der Waals surface area contributed by atoms with Gasteiger partial charge < -0.3 is 15.4 Å². The van der Waals surface area contributed by atoms with Crippen LogP contribution in [0.4, 0.5) is 0 Å². The van der Waals surface area contributed by atoms with Crippen molar-refractivity contribution in [2.75, 3.05) is 19.7 Å². The highest BCUT2D eigenvalue weighted by Gasteiger charge is 2.25. The molecule has 1 fully saturated rings. The molecule has 1 heterocycles. The number of hydrogen-bond donors (Lipinski definition) is 1. The number of nitrogens with zero attached hydrogens (tertiary/aromatic N) is 1. The van der Waals surface area contributed by atoms with Crippen LogP contribution in [0.2, 0.25) is 0 Å². The highest BCUT2D eigenvalue weighted by atomic mass is 16.5. The van der Waals surface area contributed by atoms with Gasteiger partial charge in [0.25, 0.3) is 0 Å². The number of carbonyl (C=O) groups excluding carboxylic acids is 2. The Balaban J connectivity index is 1.70. The van der Waals surface area contributed by atoms with Crippen LogP contribution >= 0.6 is 0 Å². The lowest BCUT2D eigenvalue weighted by Gasteiger charge is -2.34. The van der Waals surface area contributed by atoms with Crippen molar-refractivity contribution in [2.45, 2.75) is 45.6 Å². The number of rotatable bonds is 7. The van der Waals surface area contributed by atoms with Crippen molar-refractivity contribution in [1.82, 2.24) is 4.90 Å². The molecule has 2 atom stereocenters. The van der Waals surface area contributed by atoms with Gasteiger partial charge in [-0.1, -0.05) is 0 Å². The summed E-state index contributed by atoms with van der Waals surface area (Å²) in [4.78, 5) is 25.4. The minimum Gasteiger partial charge on any atom is -0.494 e. The first-order valence-corrected chi connectivity index (χ1v) is 8.74. The summed E-state index contributed by atoms with van der Waals surface area (Å²) in [5.41, 5.74) is 6.64. The highest BCUT2D eigenvalue weighted by molar-refractivity contribution is 5.94. The molecular formula is C19H28N2O3. The predicted octanol–water partition coefficient (Wildman–Crippen LogP) is 2.63. The maximum Gasteiger partial charge on any atom is 0.222 e. The summed E-state index contributed by atoms with van der Waals surface area (Å²) in [5.74, 6) is 1.37. The van der Waals surface area contributed by atoms with Gasteiger partial charge in [0.1, 0.15) is 5.75 Å². The first-order valence-electron chi connectivity index (χ1n) is 8.74. The zero-order valence-electron chi connectivity index (χ0n) is 14.7. The number of carbonyl (C=O) groups is 2. The van der Waals surface area contributed by atoms with Gasteiger partial charge in [-0.2, -0.15) is 0 Å². The first kappa shape index (κ1) is 18.5. The lowest BCUT2D eigenvalue weighted by Crippen LogP contribution is -2.45. The molecule has 1 aliphatic heterocycles. The van der Waals surface area contributed by atoms with Crippen LogP contribution in [0.5, 0.6) is 5.75 Å². The Hall–Kier alpha value is -1.88. The first-order chi connectivity index (χ1) is 11.5. The van der Waals surface area contributed by atoms with Crippen molar-refractivity contribution in [3.8, 4) is 5.75 Å². The minimum atomic E-state index is 0.0405.